The van der Waals surface area contributed by atoms with Gasteiger partial charge in [0.25, 0.3) is 0 Å². The molecule has 0 radical (unpaired) electrons. The number of rotatable bonds is 13. The van der Waals surface area contributed by atoms with E-state index in [1.54, 1.807) is 62.3 Å². The first-order valence-corrected chi connectivity index (χ1v) is 15.0. The molecule has 44 heavy (non-hydrogen) atoms. The average molecular weight is 621 g/mol. The van der Waals surface area contributed by atoms with Crippen LogP contribution in [0.3, 0.4) is 0 Å². The van der Waals surface area contributed by atoms with Gasteiger partial charge in [-0.25, -0.2) is 14.4 Å². The molecule has 0 aliphatic rings. The molecule has 4 N–H and O–H groups in total. The van der Waals surface area contributed by atoms with Gasteiger partial charge >= 0.3 is 18.2 Å². The summed E-state index contributed by atoms with van der Waals surface area (Å²) >= 11 is 0. The van der Waals surface area contributed by atoms with Gasteiger partial charge in [0.15, 0.2) is 0 Å². The van der Waals surface area contributed by atoms with Crippen molar-refractivity contribution in [3.63, 3.8) is 0 Å². The summed E-state index contributed by atoms with van der Waals surface area (Å²) in [5, 5.41) is 10.6. The second-order valence-electron chi connectivity index (χ2n) is 13.6. The molecule has 12 heteroatoms. The number of carbonyl (C=O) groups excluding carboxylic acids is 5. The molecule has 0 saturated heterocycles. The number of alkyl carbamates (subject to hydrolysis) is 2. The highest BCUT2D eigenvalue weighted by molar-refractivity contribution is 5.93. The van der Waals surface area contributed by atoms with Crippen LogP contribution < -0.4 is 21.3 Å². The average Bonchev–Trinajstić information content (AvgIpc) is 2.84. The molecule has 4 amide bonds. The molecule has 0 spiro atoms. The number of hydrogen-bond donors (Lipinski definition) is 4. The van der Waals surface area contributed by atoms with E-state index >= 15 is 0 Å². The van der Waals surface area contributed by atoms with Crippen molar-refractivity contribution in [1.29, 1.82) is 0 Å². The molecule has 1 rings (SSSR count). The Morgan fingerprint density at radius 2 is 1.18 bits per heavy atom. The van der Waals surface area contributed by atoms with Crippen LogP contribution in [-0.4, -0.2) is 71.4 Å². The Morgan fingerprint density at radius 3 is 1.73 bits per heavy atom. The van der Waals surface area contributed by atoms with Gasteiger partial charge in [-0.3, -0.25) is 9.59 Å². The molecule has 0 unspecified atom stereocenters. The Hall–Kier alpha value is -3.83. The zero-order chi connectivity index (χ0) is 33.7. The van der Waals surface area contributed by atoms with Crippen LogP contribution in [0.5, 0.6) is 0 Å². The highest BCUT2D eigenvalue weighted by atomic mass is 16.6. The predicted molar refractivity (Wildman–Crippen MR) is 167 cm³/mol. The maximum Gasteiger partial charge on any atom is 0.408 e. The van der Waals surface area contributed by atoms with Crippen LogP contribution in [-0.2, 0) is 35.0 Å². The number of benzene rings is 1. The van der Waals surface area contributed by atoms with Gasteiger partial charge in [-0.2, -0.15) is 0 Å². The maximum atomic E-state index is 13.6. The summed E-state index contributed by atoms with van der Waals surface area (Å²) in [4.78, 5) is 63.8. The summed E-state index contributed by atoms with van der Waals surface area (Å²) in [6.07, 6.45) is 0.0659. The van der Waals surface area contributed by atoms with Crippen LogP contribution in [0.15, 0.2) is 30.3 Å². The molecule has 0 fully saturated rings. The van der Waals surface area contributed by atoms with Gasteiger partial charge in [-0.05, 0) is 94.1 Å². The van der Waals surface area contributed by atoms with Crippen molar-refractivity contribution in [3.8, 4) is 0 Å². The van der Waals surface area contributed by atoms with Crippen LogP contribution in [0, 0.1) is 0 Å². The molecule has 3 atom stereocenters. The van der Waals surface area contributed by atoms with Gasteiger partial charge in [-0.1, -0.05) is 30.3 Å². The monoisotopic (exact) mass is 620 g/mol. The van der Waals surface area contributed by atoms with Crippen molar-refractivity contribution in [1.82, 2.24) is 21.3 Å². The first-order valence-electron chi connectivity index (χ1n) is 15.0. The minimum atomic E-state index is -1.06. The van der Waals surface area contributed by atoms with Crippen molar-refractivity contribution >= 4 is 30.0 Å². The molecule has 1 aromatic rings. The minimum absolute atomic E-state index is 0.137. The van der Waals surface area contributed by atoms with E-state index in [-0.39, 0.29) is 12.8 Å². The van der Waals surface area contributed by atoms with Gasteiger partial charge in [0.1, 0.15) is 34.9 Å². The predicted octanol–water partition coefficient (Wildman–Crippen LogP) is 4.15. The summed E-state index contributed by atoms with van der Waals surface area (Å²) in [5.74, 6) is -1.81. The number of ether oxygens (including phenoxy) is 3. The SMILES string of the molecule is C[C@@H](NC(=O)OC(C)(C)C)C(=O)N[C@@H](Cc1ccccc1)C(=O)N[C@@H](CCCCNC(=O)OC(C)(C)C)C(=O)OC(C)(C)C. The second-order valence-corrected chi connectivity index (χ2v) is 13.6. The van der Waals surface area contributed by atoms with Crippen molar-refractivity contribution < 1.29 is 38.2 Å². The molecular weight excluding hydrogens is 568 g/mol. The van der Waals surface area contributed by atoms with E-state index in [4.69, 9.17) is 14.2 Å². The van der Waals surface area contributed by atoms with Crippen LogP contribution in [0.25, 0.3) is 0 Å². The van der Waals surface area contributed by atoms with Gasteiger partial charge in [-0.15, -0.1) is 0 Å². The van der Waals surface area contributed by atoms with Crippen LogP contribution in [0.2, 0.25) is 0 Å². The van der Waals surface area contributed by atoms with Crippen molar-refractivity contribution in [2.24, 2.45) is 0 Å². The smallest absolute Gasteiger partial charge is 0.408 e. The summed E-state index contributed by atoms with van der Waals surface area (Å²) in [6.45, 7) is 17.4. The Balaban J connectivity index is 3.00. The molecule has 1 aromatic carbocycles. The quantitative estimate of drug-likeness (QED) is 0.145. The number of unbranched alkanes of at least 4 members (excludes halogenated alkanes) is 1. The van der Waals surface area contributed by atoms with E-state index in [0.717, 1.165) is 5.56 Å². The number of esters is 1. The lowest BCUT2D eigenvalue weighted by atomic mass is 10.0. The van der Waals surface area contributed by atoms with Gasteiger partial charge in [0, 0.05) is 13.0 Å². The lowest BCUT2D eigenvalue weighted by Gasteiger charge is -2.27. The molecule has 0 heterocycles. The Bertz CT molecular complexity index is 1100. The lowest BCUT2D eigenvalue weighted by Crippen LogP contribution is -2.56. The molecule has 0 saturated carbocycles. The third-order valence-electron chi connectivity index (χ3n) is 5.64. The van der Waals surface area contributed by atoms with E-state index in [1.807, 2.05) is 30.3 Å². The fourth-order valence-electron chi connectivity index (χ4n) is 3.78. The second kappa shape index (κ2) is 16.9. The first-order chi connectivity index (χ1) is 20.1. The Labute approximate surface area is 261 Å². The fourth-order valence-corrected chi connectivity index (χ4v) is 3.78. The summed E-state index contributed by atoms with van der Waals surface area (Å²) in [5.41, 5.74) is -1.38. The van der Waals surface area contributed by atoms with Crippen molar-refractivity contribution in [2.45, 2.75) is 130 Å². The van der Waals surface area contributed by atoms with E-state index in [1.165, 1.54) is 6.92 Å². The standard InChI is InChI=1S/C32H52N4O8/c1-21(34-29(41)44-32(8,9)10)25(37)36-24(20-22-16-12-11-13-17-22)26(38)35-23(27(39)42-30(2,3)4)18-14-15-19-33-28(40)43-31(5,6)7/h11-13,16-17,21,23-24H,14-15,18-20H2,1-10H3,(H,33,40)(H,34,41)(H,35,38)(H,36,37)/t21-,23+,24+/m1/s1. The zero-order valence-corrected chi connectivity index (χ0v) is 27.9. The van der Waals surface area contributed by atoms with Crippen molar-refractivity contribution in [3.05, 3.63) is 35.9 Å². The summed E-state index contributed by atoms with van der Waals surface area (Å²) in [7, 11) is 0. The van der Waals surface area contributed by atoms with Crippen LogP contribution in [0.4, 0.5) is 9.59 Å². The topological polar surface area (TPSA) is 161 Å². The third-order valence-corrected chi connectivity index (χ3v) is 5.64. The molecule has 0 aromatic heterocycles. The number of nitrogens with one attached hydrogen (secondary N) is 4. The Kier molecular flexibility index (Phi) is 14.6. The van der Waals surface area contributed by atoms with E-state index < -0.39 is 64.9 Å². The lowest BCUT2D eigenvalue weighted by molar-refractivity contribution is -0.159. The normalized spacial score (nSPS) is 13.9. The van der Waals surface area contributed by atoms with E-state index in [9.17, 15) is 24.0 Å². The number of carbonyl (C=O) groups is 5. The van der Waals surface area contributed by atoms with Gasteiger partial charge in [0.05, 0.1) is 0 Å². The van der Waals surface area contributed by atoms with E-state index in [2.05, 4.69) is 21.3 Å². The minimum Gasteiger partial charge on any atom is -0.458 e. The fraction of sp³-hybridized carbons (Fsp3) is 0.656. The summed E-state index contributed by atoms with van der Waals surface area (Å²) in [6, 6.07) is 6.02. The molecule has 0 bridgehead atoms. The maximum absolute atomic E-state index is 13.6. The van der Waals surface area contributed by atoms with Gasteiger partial charge < -0.3 is 35.5 Å². The summed E-state index contributed by atoms with van der Waals surface area (Å²) < 4.78 is 16.0. The first kappa shape index (κ1) is 38.2. The highest BCUT2D eigenvalue weighted by Gasteiger charge is 2.31. The Morgan fingerprint density at radius 1 is 0.659 bits per heavy atom. The molecular formula is C32H52N4O8. The zero-order valence-electron chi connectivity index (χ0n) is 27.9. The number of hydrogen-bond acceptors (Lipinski definition) is 8. The van der Waals surface area contributed by atoms with Gasteiger partial charge in [0.2, 0.25) is 11.8 Å². The highest BCUT2D eigenvalue weighted by Crippen LogP contribution is 2.13. The molecule has 12 nitrogen and oxygen atoms in total. The van der Waals surface area contributed by atoms with Crippen LogP contribution >= 0.6 is 0 Å². The largest absolute Gasteiger partial charge is 0.458 e. The number of amides is 4. The molecule has 248 valence electrons. The van der Waals surface area contributed by atoms with Crippen molar-refractivity contribution in [2.75, 3.05) is 6.54 Å². The van der Waals surface area contributed by atoms with E-state index in [0.29, 0.717) is 19.4 Å². The van der Waals surface area contributed by atoms with Crippen LogP contribution in [0.1, 0.15) is 94.1 Å². The molecule has 0 aliphatic heterocycles. The molecule has 0 aliphatic carbocycles. The third kappa shape index (κ3) is 17.3.